The van der Waals surface area contributed by atoms with Gasteiger partial charge in [0.2, 0.25) is 0 Å². The highest BCUT2D eigenvalue weighted by Gasteiger charge is 2.08. The first kappa shape index (κ1) is 11.8. The van der Waals surface area contributed by atoms with E-state index in [0.717, 1.165) is 13.0 Å². The summed E-state index contributed by atoms with van der Waals surface area (Å²) >= 11 is 0. The van der Waals surface area contributed by atoms with Crippen molar-refractivity contribution in [1.82, 2.24) is 14.9 Å². The average Bonchev–Trinajstić information content (AvgIpc) is 2.64. The lowest BCUT2D eigenvalue weighted by Crippen LogP contribution is -2.27. The maximum atomic E-state index is 11.6. The highest BCUT2D eigenvalue weighted by atomic mass is 16.2. The van der Waals surface area contributed by atoms with Crippen molar-refractivity contribution in [2.24, 2.45) is 7.05 Å². The van der Waals surface area contributed by atoms with Gasteiger partial charge in [0.05, 0.1) is 0 Å². The number of unbranched alkanes of at least 4 members (excludes halogenated alkanes) is 3. The van der Waals surface area contributed by atoms with Crippen LogP contribution in [-0.4, -0.2) is 22.0 Å². The molecule has 0 atom stereocenters. The number of nitrogens with one attached hydrogen (secondary N) is 1. The molecule has 1 aromatic heterocycles. The number of aromatic nitrogens is 2. The first-order chi connectivity index (χ1) is 7.25. The van der Waals surface area contributed by atoms with Gasteiger partial charge in [-0.25, -0.2) is 4.98 Å². The number of amides is 1. The normalized spacial score (nSPS) is 10.3. The Morgan fingerprint density at radius 1 is 1.47 bits per heavy atom. The molecule has 4 heteroatoms. The molecule has 0 fully saturated rings. The number of hydrogen-bond acceptors (Lipinski definition) is 2. The SMILES string of the molecule is CCCCCCNC(=O)c1nccn1C. The topological polar surface area (TPSA) is 46.9 Å². The molecule has 0 spiro atoms. The molecule has 0 saturated heterocycles. The highest BCUT2D eigenvalue weighted by molar-refractivity contribution is 5.90. The van der Waals surface area contributed by atoms with Crippen LogP contribution >= 0.6 is 0 Å². The smallest absolute Gasteiger partial charge is 0.287 e. The molecular weight excluding hydrogens is 190 g/mol. The van der Waals surface area contributed by atoms with Gasteiger partial charge in [0, 0.05) is 26.0 Å². The second-order valence-corrected chi connectivity index (χ2v) is 3.68. The van der Waals surface area contributed by atoms with Crippen LogP contribution in [0.1, 0.15) is 43.2 Å². The number of hydrogen-bond donors (Lipinski definition) is 1. The van der Waals surface area contributed by atoms with Gasteiger partial charge < -0.3 is 9.88 Å². The minimum Gasteiger partial charge on any atom is -0.349 e. The minimum absolute atomic E-state index is 0.0843. The summed E-state index contributed by atoms with van der Waals surface area (Å²) in [6.07, 6.45) is 8.07. The fourth-order valence-corrected chi connectivity index (χ4v) is 1.42. The molecular formula is C11H19N3O. The van der Waals surface area contributed by atoms with Gasteiger partial charge in [0.1, 0.15) is 0 Å². The fraction of sp³-hybridized carbons (Fsp3) is 0.636. The molecule has 1 heterocycles. The average molecular weight is 209 g/mol. The van der Waals surface area contributed by atoms with Crippen LogP contribution in [0.5, 0.6) is 0 Å². The summed E-state index contributed by atoms with van der Waals surface area (Å²) in [6, 6.07) is 0. The molecule has 0 aliphatic heterocycles. The van der Waals surface area contributed by atoms with Crippen LogP contribution < -0.4 is 5.32 Å². The van der Waals surface area contributed by atoms with Gasteiger partial charge in [-0.15, -0.1) is 0 Å². The van der Waals surface area contributed by atoms with Gasteiger partial charge >= 0.3 is 0 Å². The van der Waals surface area contributed by atoms with Crippen molar-refractivity contribution in [3.63, 3.8) is 0 Å². The molecule has 0 aromatic carbocycles. The van der Waals surface area contributed by atoms with E-state index >= 15 is 0 Å². The van der Waals surface area contributed by atoms with Crippen LogP contribution in [0.25, 0.3) is 0 Å². The number of aryl methyl sites for hydroxylation is 1. The Bertz CT molecular complexity index is 307. The molecule has 0 radical (unpaired) electrons. The van der Waals surface area contributed by atoms with E-state index in [4.69, 9.17) is 0 Å². The zero-order valence-corrected chi connectivity index (χ0v) is 9.49. The number of carbonyl (C=O) groups excluding carboxylic acids is 1. The first-order valence-electron chi connectivity index (χ1n) is 5.51. The summed E-state index contributed by atoms with van der Waals surface area (Å²) < 4.78 is 1.72. The fourth-order valence-electron chi connectivity index (χ4n) is 1.42. The van der Waals surface area contributed by atoms with Gasteiger partial charge in [-0.1, -0.05) is 26.2 Å². The predicted octanol–water partition coefficient (Wildman–Crippen LogP) is 1.73. The van der Waals surface area contributed by atoms with Crippen molar-refractivity contribution < 1.29 is 4.79 Å². The van der Waals surface area contributed by atoms with Crippen molar-refractivity contribution in [3.8, 4) is 0 Å². The van der Waals surface area contributed by atoms with Crippen LogP contribution in [0.2, 0.25) is 0 Å². The molecule has 15 heavy (non-hydrogen) atoms. The molecule has 4 nitrogen and oxygen atoms in total. The zero-order valence-electron chi connectivity index (χ0n) is 9.49. The van der Waals surface area contributed by atoms with E-state index < -0.39 is 0 Å². The predicted molar refractivity (Wildman–Crippen MR) is 59.7 cm³/mol. The van der Waals surface area contributed by atoms with Crippen LogP contribution in [0.15, 0.2) is 12.4 Å². The van der Waals surface area contributed by atoms with E-state index in [0.29, 0.717) is 5.82 Å². The van der Waals surface area contributed by atoms with E-state index in [2.05, 4.69) is 17.2 Å². The van der Waals surface area contributed by atoms with Gasteiger partial charge in [0.25, 0.3) is 5.91 Å². The van der Waals surface area contributed by atoms with Crippen LogP contribution in [0.4, 0.5) is 0 Å². The largest absolute Gasteiger partial charge is 0.349 e. The Balaban J connectivity index is 2.22. The number of nitrogens with zero attached hydrogens (tertiary/aromatic N) is 2. The molecule has 1 amide bonds. The van der Waals surface area contributed by atoms with Crippen molar-refractivity contribution in [1.29, 1.82) is 0 Å². The maximum absolute atomic E-state index is 11.6. The molecule has 0 aliphatic carbocycles. The minimum atomic E-state index is -0.0843. The second-order valence-electron chi connectivity index (χ2n) is 3.68. The summed E-state index contributed by atoms with van der Waals surface area (Å²) in [5.41, 5.74) is 0. The van der Waals surface area contributed by atoms with Crippen molar-refractivity contribution in [3.05, 3.63) is 18.2 Å². The Kier molecular flexibility index (Phi) is 4.87. The molecule has 1 rings (SSSR count). The maximum Gasteiger partial charge on any atom is 0.287 e. The van der Waals surface area contributed by atoms with Gasteiger partial charge in [-0.2, -0.15) is 0 Å². The van der Waals surface area contributed by atoms with Crippen LogP contribution in [-0.2, 0) is 7.05 Å². The standard InChI is InChI=1S/C11H19N3O/c1-3-4-5-6-7-13-11(15)10-12-8-9-14(10)2/h8-9H,3-7H2,1-2H3,(H,13,15). The molecule has 1 N–H and O–H groups in total. The third kappa shape index (κ3) is 3.73. The first-order valence-corrected chi connectivity index (χ1v) is 5.51. The second kappa shape index (κ2) is 6.22. The number of rotatable bonds is 6. The van der Waals surface area contributed by atoms with Gasteiger partial charge in [-0.05, 0) is 6.42 Å². The van der Waals surface area contributed by atoms with Gasteiger partial charge in [0.15, 0.2) is 5.82 Å². The third-order valence-electron chi connectivity index (χ3n) is 2.34. The number of imidazole rings is 1. The van der Waals surface area contributed by atoms with Crippen LogP contribution in [0, 0.1) is 0 Å². The van der Waals surface area contributed by atoms with Gasteiger partial charge in [-0.3, -0.25) is 4.79 Å². The van der Waals surface area contributed by atoms with Crippen molar-refractivity contribution in [2.45, 2.75) is 32.6 Å². The van der Waals surface area contributed by atoms with E-state index in [9.17, 15) is 4.79 Å². The van der Waals surface area contributed by atoms with Crippen LogP contribution in [0.3, 0.4) is 0 Å². The zero-order chi connectivity index (χ0) is 11.1. The lowest BCUT2D eigenvalue weighted by Gasteiger charge is -2.04. The van der Waals surface area contributed by atoms with E-state index in [1.165, 1.54) is 19.3 Å². The van der Waals surface area contributed by atoms with E-state index in [1.807, 2.05) is 7.05 Å². The molecule has 0 unspecified atom stereocenters. The molecule has 1 aromatic rings. The number of carbonyl (C=O) groups is 1. The van der Waals surface area contributed by atoms with E-state index in [-0.39, 0.29) is 5.91 Å². The summed E-state index contributed by atoms with van der Waals surface area (Å²) in [6.45, 7) is 2.91. The van der Waals surface area contributed by atoms with E-state index in [1.54, 1.807) is 17.0 Å². The Hall–Kier alpha value is -1.32. The Labute approximate surface area is 90.7 Å². The molecule has 84 valence electrons. The van der Waals surface area contributed by atoms with Crippen molar-refractivity contribution in [2.75, 3.05) is 6.54 Å². The summed E-state index contributed by atoms with van der Waals surface area (Å²) in [5, 5.41) is 2.86. The highest BCUT2D eigenvalue weighted by Crippen LogP contribution is 1.98. The summed E-state index contributed by atoms with van der Waals surface area (Å²) in [5.74, 6) is 0.393. The summed E-state index contributed by atoms with van der Waals surface area (Å²) in [7, 11) is 1.82. The molecule has 0 bridgehead atoms. The lowest BCUT2D eigenvalue weighted by atomic mass is 10.2. The Morgan fingerprint density at radius 3 is 2.87 bits per heavy atom. The quantitative estimate of drug-likeness (QED) is 0.725. The summed E-state index contributed by atoms with van der Waals surface area (Å²) in [4.78, 5) is 15.5. The monoisotopic (exact) mass is 209 g/mol. The molecule has 0 saturated carbocycles. The Morgan fingerprint density at radius 2 is 2.27 bits per heavy atom. The molecule has 0 aliphatic rings. The lowest BCUT2D eigenvalue weighted by molar-refractivity contribution is 0.0939. The third-order valence-corrected chi connectivity index (χ3v) is 2.34. The van der Waals surface area contributed by atoms with Crippen molar-refractivity contribution >= 4 is 5.91 Å².